The molecule has 1 saturated carbocycles. The van der Waals surface area contributed by atoms with Crippen LogP contribution in [0, 0.1) is 6.92 Å². The maximum Gasteiger partial charge on any atom is 0.357 e. The summed E-state index contributed by atoms with van der Waals surface area (Å²) in [6, 6.07) is 5.70. The van der Waals surface area contributed by atoms with Gasteiger partial charge >= 0.3 is 5.97 Å². The zero-order chi connectivity index (χ0) is 18.7. The second-order valence-electron chi connectivity index (χ2n) is 6.18. The number of benzene rings is 1. The number of nitrogens with zero attached hydrogens (tertiary/aromatic N) is 2. The molecule has 1 fully saturated rings. The summed E-state index contributed by atoms with van der Waals surface area (Å²) in [5, 5.41) is 3.30. The molecule has 1 N–H and O–H groups in total. The number of aromatic nitrogens is 2. The number of hydrogen-bond donors (Lipinski definition) is 1. The van der Waals surface area contributed by atoms with Gasteiger partial charge in [0.15, 0.2) is 17.2 Å². The van der Waals surface area contributed by atoms with Gasteiger partial charge in [-0.2, -0.15) is 0 Å². The Bertz CT molecular complexity index is 819. The third kappa shape index (κ3) is 3.56. The quantitative estimate of drug-likeness (QED) is 0.763. The average molecular weight is 357 g/mol. The Labute approximate surface area is 152 Å². The highest BCUT2D eigenvalue weighted by Crippen LogP contribution is 2.39. The average Bonchev–Trinajstić information content (AvgIpc) is 3.51. The minimum atomic E-state index is -0.450. The number of para-hydroxylation sites is 1. The molecule has 7 nitrogen and oxygen atoms in total. The van der Waals surface area contributed by atoms with Crippen molar-refractivity contribution in [2.45, 2.75) is 32.2 Å². The summed E-state index contributed by atoms with van der Waals surface area (Å²) >= 11 is 0. The molecule has 0 spiro atoms. The van der Waals surface area contributed by atoms with Gasteiger partial charge in [-0.3, -0.25) is 0 Å². The van der Waals surface area contributed by atoms with Gasteiger partial charge < -0.3 is 19.5 Å². The molecule has 3 rings (SSSR count). The van der Waals surface area contributed by atoms with E-state index in [-0.39, 0.29) is 0 Å². The van der Waals surface area contributed by atoms with Crippen molar-refractivity contribution < 1.29 is 19.0 Å². The minimum Gasteiger partial charge on any atom is -0.493 e. The lowest BCUT2D eigenvalue weighted by Crippen LogP contribution is -2.14. The van der Waals surface area contributed by atoms with Crippen molar-refractivity contribution >= 4 is 11.8 Å². The Morgan fingerprint density at radius 3 is 2.58 bits per heavy atom. The summed E-state index contributed by atoms with van der Waals surface area (Å²) in [5.41, 5.74) is 1.91. The third-order valence-corrected chi connectivity index (χ3v) is 4.42. The minimum absolute atomic E-state index is 0.310. The summed E-state index contributed by atoms with van der Waals surface area (Å²) in [4.78, 5) is 21.1. The molecule has 0 aliphatic heterocycles. The SMILES string of the molecule is COC(=O)c1nc(C2CC2)nc(NCc2cccc(OC)c2OC)c1C. The number of esters is 1. The number of nitrogens with one attached hydrogen (secondary N) is 1. The fourth-order valence-electron chi connectivity index (χ4n) is 2.80. The van der Waals surface area contributed by atoms with Gasteiger partial charge in [-0.25, -0.2) is 14.8 Å². The molecule has 26 heavy (non-hydrogen) atoms. The van der Waals surface area contributed by atoms with Crippen LogP contribution in [0.3, 0.4) is 0 Å². The van der Waals surface area contributed by atoms with Crippen LogP contribution in [0.5, 0.6) is 11.5 Å². The van der Waals surface area contributed by atoms with Crippen LogP contribution in [0.4, 0.5) is 5.82 Å². The van der Waals surface area contributed by atoms with E-state index >= 15 is 0 Å². The fourth-order valence-corrected chi connectivity index (χ4v) is 2.80. The van der Waals surface area contributed by atoms with E-state index in [1.54, 1.807) is 14.2 Å². The Morgan fingerprint density at radius 1 is 1.19 bits per heavy atom. The van der Waals surface area contributed by atoms with Crippen LogP contribution in [-0.2, 0) is 11.3 Å². The zero-order valence-corrected chi connectivity index (χ0v) is 15.5. The molecular formula is C19H23N3O4. The number of carbonyl (C=O) groups excluding carboxylic acids is 1. The largest absolute Gasteiger partial charge is 0.493 e. The normalized spacial score (nSPS) is 13.2. The number of hydrogen-bond acceptors (Lipinski definition) is 7. The zero-order valence-electron chi connectivity index (χ0n) is 15.5. The fraction of sp³-hybridized carbons (Fsp3) is 0.421. The van der Waals surface area contributed by atoms with Gasteiger partial charge in [0.1, 0.15) is 11.6 Å². The van der Waals surface area contributed by atoms with Crippen molar-refractivity contribution in [2.75, 3.05) is 26.6 Å². The molecule has 138 valence electrons. The molecule has 1 aliphatic carbocycles. The summed E-state index contributed by atoms with van der Waals surface area (Å²) in [6.07, 6.45) is 2.10. The molecule has 1 aromatic heterocycles. The van der Waals surface area contributed by atoms with E-state index in [9.17, 15) is 4.79 Å². The molecule has 7 heteroatoms. The number of methoxy groups -OCH3 is 3. The molecule has 0 unspecified atom stereocenters. The summed E-state index contributed by atoms with van der Waals surface area (Å²) in [7, 11) is 4.57. The van der Waals surface area contributed by atoms with E-state index in [0.29, 0.717) is 46.9 Å². The molecule has 2 aromatic rings. The number of rotatable bonds is 7. The van der Waals surface area contributed by atoms with Crippen LogP contribution >= 0.6 is 0 Å². The van der Waals surface area contributed by atoms with E-state index in [1.165, 1.54) is 7.11 Å². The monoisotopic (exact) mass is 357 g/mol. The van der Waals surface area contributed by atoms with E-state index in [1.807, 2.05) is 25.1 Å². The second kappa shape index (κ2) is 7.59. The highest BCUT2D eigenvalue weighted by molar-refractivity contribution is 5.90. The molecule has 1 heterocycles. The van der Waals surface area contributed by atoms with Gasteiger partial charge in [0.2, 0.25) is 0 Å². The number of ether oxygens (including phenoxy) is 3. The van der Waals surface area contributed by atoms with Crippen molar-refractivity contribution in [1.82, 2.24) is 9.97 Å². The molecule has 0 amide bonds. The van der Waals surface area contributed by atoms with Crippen molar-refractivity contribution in [2.24, 2.45) is 0 Å². The van der Waals surface area contributed by atoms with E-state index in [4.69, 9.17) is 14.2 Å². The van der Waals surface area contributed by atoms with Gasteiger partial charge in [0.05, 0.1) is 21.3 Å². The highest BCUT2D eigenvalue weighted by atomic mass is 16.5. The topological polar surface area (TPSA) is 82.6 Å². The molecular weight excluding hydrogens is 334 g/mol. The lowest BCUT2D eigenvalue weighted by molar-refractivity contribution is 0.0592. The molecule has 0 radical (unpaired) electrons. The Kier molecular flexibility index (Phi) is 5.25. The summed E-state index contributed by atoms with van der Waals surface area (Å²) < 4.78 is 15.7. The summed E-state index contributed by atoms with van der Waals surface area (Å²) in [6.45, 7) is 2.29. The molecule has 0 atom stereocenters. The summed E-state index contributed by atoms with van der Waals surface area (Å²) in [5.74, 6) is 2.54. The molecule has 1 aliphatic rings. The Balaban J connectivity index is 1.90. The van der Waals surface area contributed by atoms with Crippen LogP contribution in [0.25, 0.3) is 0 Å². The van der Waals surface area contributed by atoms with Gasteiger partial charge in [0, 0.05) is 23.6 Å². The smallest absolute Gasteiger partial charge is 0.357 e. The first-order valence-corrected chi connectivity index (χ1v) is 8.49. The second-order valence-corrected chi connectivity index (χ2v) is 6.18. The number of anilines is 1. The van der Waals surface area contributed by atoms with Crippen LogP contribution in [0.1, 0.15) is 46.2 Å². The predicted molar refractivity (Wildman–Crippen MR) is 97.0 cm³/mol. The van der Waals surface area contributed by atoms with Gasteiger partial charge in [-0.1, -0.05) is 12.1 Å². The Hall–Kier alpha value is -2.83. The standard InChI is InChI=1S/C19H23N3O4/c1-11-15(19(23)26-4)21-18(12-8-9-12)22-17(11)20-10-13-6-5-7-14(24-2)16(13)25-3/h5-7,12H,8-10H2,1-4H3,(H,20,21,22). The van der Waals surface area contributed by atoms with Gasteiger partial charge in [-0.05, 0) is 25.8 Å². The highest BCUT2D eigenvalue weighted by Gasteiger charge is 2.29. The van der Waals surface area contributed by atoms with Crippen LogP contribution in [0.15, 0.2) is 18.2 Å². The lowest BCUT2D eigenvalue weighted by Gasteiger charge is -2.15. The van der Waals surface area contributed by atoms with Gasteiger partial charge in [0.25, 0.3) is 0 Å². The number of carbonyl (C=O) groups is 1. The molecule has 0 saturated heterocycles. The van der Waals surface area contributed by atoms with Crippen molar-refractivity contribution in [3.63, 3.8) is 0 Å². The van der Waals surface area contributed by atoms with Crippen LogP contribution in [-0.4, -0.2) is 37.3 Å². The van der Waals surface area contributed by atoms with Crippen molar-refractivity contribution in [3.8, 4) is 11.5 Å². The first-order valence-electron chi connectivity index (χ1n) is 8.49. The van der Waals surface area contributed by atoms with E-state index in [2.05, 4.69) is 15.3 Å². The lowest BCUT2D eigenvalue weighted by atomic mass is 10.1. The molecule has 0 bridgehead atoms. The first kappa shape index (κ1) is 18.0. The predicted octanol–water partition coefficient (Wildman–Crippen LogP) is 3.08. The van der Waals surface area contributed by atoms with E-state index < -0.39 is 5.97 Å². The maximum atomic E-state index is 12.1. The van der Waals surface area contributed by atoms with Crippen molar-refractivity contribution in [1.29, 1.82) is 0 Å². The molecule has 1 aromatic carbocycles. The van der Waals surface area contributed by atoms with Crippen LogP contribution in [0.2, 0.25) is 0 Å². The third-order valence-electron chi connectivity index (χ3n) is 4.42. The van der Waals surface area contributed by atoms with Gasteiger partial charge in [-0.15, -0.1) is 0 Å². The van der Waals surface area contributed by atoms with Crippen LogP contribution < -0.4 is 14.8 Å². The Morgan fingerprint density at radius 2 is 1.96 bits per heavy atom. The van der Waals surface area contributed by atoms with E-state index in [0.717, 1.165) is 18.4 Å². The van der Waals surface area contributed by atoms with Crippen molar-refractivity contribution in [3.05, 3.63) is 40.8 Å². The maximum absolute atomic E-state index is 12.1. The first-order chi connectivity index (χ1) is 12.6.